The molecule has 2 heterocycles. The van der Waals surface area contributed by atoms with E-state index in [4.69, 9.17) is 9.47 Å². The second kappa shape index (κ2) is 8.91. The number of hydrogen-bond acceptors (Lipinski definition) is 5. The molecular formula is C21H27N3O4. The van der Waals surface area contributed by atoms with E-state index in [2.05, 4.69) is 5.10 Å². The number of carbonyl (C=O) groups is 2. The van der Waals surface area contributed by atoms with Gasteiger partial charge in [0.15, 0.2) is 0 Å². The van der Waals surface area contributed by atoms with Crippen LogP contribution in [0.2, 0.25) is 0 Å². The Morgan fingerprint density at radius 1 is 1.25 bits per heavy atom. The first-order valence-corrected chi connectivity index (χ1v) is 9.71. The number of esters is 1. The fourth-order valence-corrected chi connectivity index (χ4v) is 3.56. The third-order valence-corrected chi connectivity index (χ3v) is 4.85. The molecule has 0 spiro atoms. The van der Waals surface area contributed by atoms with Gasteiger partial charge >= 0.3 is 5.97 Å². The summed E-state index contributed by atoms with van der Waals surface area (Å²) in [4.78, 5) is 27.2. The van der Waals surface area contributed by atoms with Gasteiger partial charge < -0.3 is 14.4 Å². The van der Waals surface area contributed by atoms with Crippen molar-refractivity contribution in [2.75, 3.05) is 19.8 Å². The summed E-state index contributed by atoms with van der Waals surface area (Å²) >= 11 is 0. The molecule has 0 unspecified atom stereocenters. The SMILES string of the molecule is CCOc1ccccc1C(=O)N1CCC[C@H]1C(=O)OCCn1nc(C)cc1C. The lowest BCUT2D eigenvalue weighted by Gasteiger charge is -2.24. The molecule has 150 valence electrons. The highest BCUT2D eigenvalue weighted by Gasteiger charge is 2.36. The summed E-state index contributed by atoms with van der Waals surface area (Å²) in [5.74, 6) is -0.0122. The number of aromatic nitrogens is 2. The van der Waals surface area contributed by atoms with Gasteiger partial charge in [0.1, 0.15) is 18.4 Å². The molecule has 0 bridgehead atoms. The maximum atomic E-state index is 13.0. The van der Waals surface area contributed by atoms with E-state index in [1.54, 1.807) is 23.1 Å². The first kappa shape index (κ1) is 19.9. The van der Waals surface area contributed by atoms with Gasteiger partial charge in [-0.2, -0.15) is 5.10 Å². The number of likely N-dealkylation sites (tertiary alicyclic amines) is 1. The monoisotopic (exact) mass is 385 g/mol. The van der Waals surface area contributed by atoms with Crippen LogP contribution >= 0.6 is 0 Å². The first-order valence-electron chi connectivity index (χ1n) is 9.71. The molecule has 7 nitrogen and oxygen atoms in total. The third-order valence-electron chi connectivity index (χ3n) is 4.85. The van der Waals surface area contributed by atoms with Gasteiger partial charge in [-0.15, -0.1) is 0 Å². The lowest BCUT2D eigenvalue weighted by atomic mass is 10.1. The lowest BCUT2D eigenvalue weighted by Crippen LogP contribution is -2.41. The molecule has 0 radical (unpaired) electrons. The van der Waals surface area contributed by atoms with Crippen molar-refractivity contribution in [1.82, 2.24) is 14.7 Å². The molecule has 1 atom stereocenters. The van der Waals surface area contributed by atoms with Crippen LogP contribution in [0.3, 0.4) is 0 Å². The molecule has 2 aromatic rings. The van der Waals surface area contributed by atoms with Crippen LogP contribution in [0.5, 0.6) is 5.75 Å². The van der Waals surface area contributed by atoms with Crippen LogP contribution in [0, 0.1) is 13.8 Å². The van der Waals surface area contributed by atoms with Crippen LogP contribution in [0.1, 0.15) is 41.5 Å². The molecular weight excluding hydrogens is 358 g/mol. The Hall–Kier alpha value is -2.83. The standard InChI is InChI=1S/C21H27N3O4/c1-4-27-19-10-6-5-8-17(19)20(25)23-11-7-9-18(23)21(26)28-13-12-24-16(3)14-15(2)22-24/h5-6,8,10,14,18H,4,7,9,11-13H2,1-3H3/t18-/m0/s1. The Bertz CT molecular complexity index is 846. The van der Waals surface area contributed by atoms with Gasteiger partial charge in [0, 0.05) is 12.2 Å². The molecule has 1 amide bonds. The van der Waals surface area contributed by atoms with Crippen LogP contribution in [0.4, 0.5) is 0 Å². The van der Waals surface area contributed by atoms with Crippen molar-refractivity contribution >= 4 is 11.9 Å². The summed E-state index contributed by atoms with van der Waals surface area (Å²) in [6.45, 7) is 7.51. The predicted molar refractivity (Wildman–Crippen MR) is 104 cm³/mol. The van der Waals surface area contributed by atoms with Crippen LogP contribution < -0.4 is 4.74 Å². The topological polar surface area (TPSA) is 73.7 Å². The number of nitrogens with zero attached hydrogens (tertiary/aromatic N) is 3. The van der Waals surface area contributed by atoms with Crippen LogP contribution in [-0.2, 0) is 16.1 Å². The van der Waals surface area contributed by atoms with E-state index < -0.39 is 6.04 Å². The summed E-state index contributed by atoms with van der Waals surface area (Å²) in [6, 6.07) is 8.56. The molecule has 0 N–H and O–H groups in total. The Labute approximate surface area is 165 Å². The molecule has 7 heteroatoms. The average molecular weight is 385 g/mol. The smallest absolute Gasteiger partial charge is 0.328 e. The molecule has 28 heavy (non-hydrogen) atoms. The van der Waals surface area contributed by atoms with Gasteiger partial charge in [-0.3, -0.25) is 9.48 Å². The largest absolute Gasteiger partial charge is 0.493 e. The number of para-hydroxylation sites is 1. The predicted octanol–water partition coefficient (Wildman–Crippen LogP) is 2.75. The number of aryl methyl sites for hydroxylation is 2. The fraction of sp³-hybridized carbons (Fsp3) is 0.476. The van der Waals surface area contributed by atoms with Crippen LogP contribution in [0.25, 0.3) is 0 Å². The van der Waals surface area contributed by atoms with E-state index in [1.807, 2.05) is 37.6 Å². The molecule has 0 saturated carbocycles. The Balaban J connectivity index is 1.63. The summed E-state index contributed by atoms with van der Waals surface area (Å²) < 4.78 is 12.8. The Kier molecular flexibility index (Phi) is 6.34. The van der Waals surface area contributed by atoms with Crippen molar-refractivity contribution in [1.29, 1.82) is 0 Å². The number of hydrogen-bond donors (Lipinski definition) is 0. The molecule has 3 rings (SSSR count). The first-order chi connectivity index (χ1) is 13.5. The van der Waals surface area contributed by atoms with Crippen molar-refractivity contribution in [3.8, 4) is 5.75 Å². The normalized spacial score (nSPS) is 16.2. The number of ether oxygens (including phenoxy) is 2. The highest BCUT2D eigenvalue weighted by atomic mass is 16.5. The van der Waals surface area contributed by atoms with Crippen molar-refractivity contribution < 1.29 is 19.1 Å². The number of carbonyl (C=O) groups excluding carboxylic acids is 2. The van der Waals surface area contributed by atoms with Gasteiger partial charge in [0.05, 0.1) is 24.4 Å². The zero-order valence-corrected chi connectivity index (χ0v) is 16.7. The minimum Gasteiger partial charge on any atom is -0.493 e. The highest BCUT2D eigenvalue weighted by molar-refractivity contribution is 5.99. The van der Waals surface area contributed by atoms with E-state index >= 15 is 0 Å². The van der Waals surface area contributed by atoms with Gasteiger partial charge in [0.25, 0.3) is 5.91 Å². The molecule has 1 aromatic heterocycles. The third kappa shape index (κ3) is 4.35. The second-order valence-corrected chi connectivity index (χ2v) is 6.90. The molecule has 1 saturated heterocycles. The lowest BCUT2D eigenvalue weighted by molar-refractivity contribution is -0.148. The quantitative estimate of drug-likeness (QED) is 0.685. The van der Waals surface area contributed by atoms with Gasteiger partial charge in [-0.25, -0.2) is 4.79 Å². The molecule has 1 fully saturated rings. The zero-order chi connectivity index (χ0) is 20.1. The van der Waals surface area contributed by atoms with Gasteiger partial charge in [-0.05, 0) is 51.8 Å². The maximum Gasteiger partial charge on any atom is 0.328 e. The minimum absolute atomic E-state index is 0.193. The number of rotatable bonds is 7. The number of benzene rings is 1. The fourth-order valence-electron chi connectivity index (χ4n) is 3.56. The van der Waals surface area contributed by atoms with Gasteiger partial charge in [-0.1, -0.05) is 12.1 Å². The molecule has 1 aliphatic rings. The summed E-state index contributed by atoms with van der Waals surface area (Å²) in [5.41, 5.74) is 2.44. The Morgan fingerprint density at radius 2 is 2.04 bits per heavy atom. The van der Waals surface area contributed by atoms with E-state index in [0.717, 1.165) is 17.8 Å². The van der Waals surface area contributed by atoms with E-state index in [1.165, 1.54) is 0 Å². The average Bonchev–Trinajstić information content (AvgIpc) is 3.28. The maximum absolute atomic E-state index is 13.0. The van der Waals surface area contributed by atoms with Crippen molar-refractivity contribution in [2.24, 2.45) is 0 Å². The van der Waals surface area contributed by atoms with Crippen molar-refractivity contribution in [3.63, 3.8) is 0 Å². The molecule has 1 aromatic carbocycles. The Morgan fingerprint density at radius 3 is 2.75 bits per heavy atom. The summed E-state index contributed by atoms with van der Waals surface area (Å²) in [6.07, 6.45) is 1.39. The minimum atomic E-state index is -0.553. The zero-order valence-electron chi connectivity index (χ0n) is 16.7. The van der Waals surface area contributed by atoms with Crippen LogP contribution in [0.15, 0.2) is 30.3 Å². The van der Waals surface area contributed by atoms with E-state index in [9.17, 15) is 9.59 Å². The number of amides is 1. The summed E-state index contributed by atoms with van der Waals surface area (Å²) in [5, 5.41) is 4.36. The van der Waals surface area contributed by atoms with Crippen molar-refractivity contribution in [2.45, 2.75) is 46.2 Å². The molecule has 0 aliphatic carbocycles. The highest BCUT2D eigenvalue weighted by Crippen LogP contribution is 2.26. The molecule has 1 aliphatic heterocycles. The van der Waals surface area contributed by atoms with Crippen LogP contribution in [-0.4, -0.2) is 52.4 Å². The van der Waals surface area contributed by atoms with E-state index in [-0.39, 0.29) is 18.5 Å². The van der Waals surface area contributed by atoms with Gasteiger partial charge in [0.2, 0.25) is 0 Å². The summed E-state index contributed by atoms with van der Waals surface area (Å²) in [7, 11) is 0. The second-order valence-electron chi connectivity index (χ2n) is 6.90. The van der Waals surface area contributed by atoms with E-state index in [0.29, 0.717) is 37.4 Å². The van der Waals surface area contributed by atoms with Crippen molar-refractivity contribution in [3.05, 3.63) is 47.3 Å².